The Labute approximate surface area is 231 Å². The molecule has 1 saturated carbocycles. The zero-order valence-corrected chi connectivity index (χ0v) is 24.5. The maximum Gasteiger partial charge on any atom is 0.278 e. The van der Waals surface area contributed by atoms with Gasteiger partial charge in [-0.3, -0.25) is 14.5 Å². The van der Waals surface area contributed by atoms with Crippen molar-refractivity contribution in [1.82, 2.24) is 24.1 Å². The molecule has 1 N–H and O–H groups in total. The quantitative estimate of drug-likeness (QED) is 0.463. The summed E-state index contributed by atoms with van der Waals surface area (Å²) >= 11 is 0. The van der Waals surface area contributed by atoms with E-state index in [-0.39, 0.29) is 11.0 Å². The van der Waals surface area contributed by atoms with Gasteiger partial charge in [-0.05, 0) is 49.7 Å². The molecule has 3 heterocycles. The molecule has 1 aromatic carbocycles. The standard InChI is InChI=1S/C29H42N6O3S/c1-29(2,3)26-24-25(33(4)32-26)27(36)31-28(30-24)34(19-21-11-7-5-8-12-21)20-22-15-17-35(18-16-22)39(37,38)23-13-9-6-10-14-23/h6,9-10,13-14,21-22H,5,7-8,11-12,15-20H2,1-4H3,(H,30,31,36). The van der Waals surface area contributed by atoms with Crippen LogP contribution >= 0.6 is 0 Å². The van der Waals surface area contributed by atoms with E-state index < -0.39 is 10.0 Å². The summed E-state index contributed by atoms with van der Waals surface area (Å²) < 4.78 is 29.5. The van der Waals surface area contributed by atoms with Crippen molar-refractivity contribution in [1.29, 1.82) is 0 Å². The molecular formula is C29H42N6O3S. The Kier molecular flexibility index (Phi) is 7.88. The van der Waals surface area contributed by atoms with Crippen LogP contribution in [0.25, 0.3) is 11.0 Å². The van der Waals surface area contributed by atoms with E-state index in [4.69, 9.17) is 4.98 Å². The third-order valence-electron chi connectivity index (χ3n) is 8.33. The highest BCUT2D eigenvalue weighted by molar-refractivity contribution is 7.89. The van der Waals surface area contributed by atoms with Crippen molar-refractivity contribution in [2.45, 2.75) is 76.0 Å². The number of benzene rings is 1. The van der Waals surface area contributed by atoms with E-state index in [0.29, 0.717) is 46.8 Å². The third-order valence-corrected chi connectivity index (χ3v) is 10.2. The Balaban J connectivity index is 1.40. The Morgan fingerprint density at radius 3 is 2.21 bits per heavy atom. The van der Waals surface area contributed by atoms with Crippen molar-refractivity contribution in [3.05, 3.63) is 46.4 Å². The smallest absolute Gasteiger partial charge is 0.278 e. The summed E-state index contributed by atoms with van der Waals surface area (Å²) in [5, 5.41) is 4.66. The SMILES string of the molecule is Cn1nc(C(C)(C)C)c2nc(N(CC3CCCCC3)CC3CCN(S(=O)(=O)c4ccccc4)CC3)[nH]c(=O)c21. The summed E-state index contributed by atoms with van der Waals surface area (Å²) in [6.45, 7) is 8.87. The van der Waals surface area contributed by atoms with Gasteiger partial charge in [0.05, 0.1) is 10.6 Å². The predicted molar refractivity (Wildman–Crippen MR) is 155 cm³/mol. The van der Waals surface area contributed by atoms with Crippen LogP contribution in [0.2, 0.25) is 0 Å². The van der Waals surface area contributed by atoms with Crippen LogP contribution in [0.4, 0.5) is 5.95 Å². The summed E-state index contributed by atoms with van der Waals surface area (Å²) in [7, 11) is -1.69. The summed E-state index contributed by atoms with van der Waals surface area (Å²) in [5.41, 5.74) is 1.58. The number of anilines is 1. The van der Waals surface area contributed by atoms with E-state index in [0.717, 1.165) is 31.6 Å². The molecular weight excluding hydrogens is 512 g/mol. The lowest BCUT2D eigenvalue weighted by atomic mass is 9.88. The van der Waals surface area contributed by atoms with E-state index in [2.05, 4.69) is 35.8 Å². The molecule has 39 heavy (non-hydrogen) atoms. The number of rotatable bonds is 7. The van der Waals surface area contributed by atoms with Crippen LogP contribution in [0.15, 0.2) is 40.0 Å². The zero-order chi connectivity index (χ0) is 27.8. The molecule has 10 heteroatoms. The van der Waals surface area contributed by atoms with Crippen molar-refractivity contribution in [2.24, 2.45) is 18.9 Å². The van der Waals surface area contributed by atoms with Crippen LogP contribution in [-0.2, 0) is 22.5 Å². The average Bonchev–Trinajstić information content (AvgIpc) is 3.27. The molecule has 2 aromatic heterocycles. The molecule has 9 nitrogen and oxygen atoms in total. The number of sulfonamides is 1. The monoisotopic (exact) mass is 554 g/mol. The van der Waals surface area contributed by atoms with Crippen molar-refractivity contribution in [3.8, 4) is 0 Å². The van der Waals surface area contributed by atoms with E-state index in [1.165, 1.54) is 32.1 Å². The van der Waals surface area contributed by atoms with E-state index >= 15 is 0 Å². The van der Waals surface area contributed by atoms with Gasteiger partial charge < -0.3 is 4.90 Å². The summed E-state index contributed by atoms with van der Waals surface area (Å²) in [6, 6.07) is 8.69. The van der Waals surface area contributed by atoms with Gasteiger partial charge in [-0.15, -0.1) is 0 Å². The summed E-state index contributed by atoms with van der Waals surface area (Å²) in [4.78, 5) is 24.0. The second-order valence-corrected chi connectivity index (χ2v) is 14.3. The van der Waals surface area contributed by atoms with Gasteiger partial charge in [-0.25, -0.2) is 13.4 Å². The number of aryl methyl sites for hydroxylation is 1. The average molecular weight is 555 g/mol. The molecule has 2 aliphatic rings. The molecule has 3 aromatic rings. The molecule has 5 rings (SSSR count). The Hall–Kier alpha value is -2.72. The maximum absolute atomic E-state index is 13.3. The fraction of sp³-hybridized carbons (Fsp3) is 0.621. The number of H-pyrrole nitrogens is 1. The fourth-order valence-corrected chi connectivity index (χ4v) is 7.63. The highest BCUT2D eigenvalue weighted by atomic mass is 32.2. The number of nitrogens with one attached hydrogen (secondary N) is 1. The van der Waals surface area contributed by atoms with Crippen molar-refractivity contribution in [3.63, 3.8) is 0 Å². The number of aromatic nitrogens is 4. The van der Waals surface area contributed by atoms with Gasteiger partial charge in [-0.1, -0.05) is 58.2 Å². The minimum atomic E-state index is -3.48. The number of fused-ring (bicyclic) bond motifs is 1. The minimum absolute atomic E-state index is 0.169. The number of aromatic amines is 1. The molecule has 0 unspecified atom stereocenters. The number of piperidine rings is 1. The van der Waals surface area contributed by atoms with Crippen LogP contribution in [0.3, 0.4) is 0 Å². The summed E-state index contributed by atoms with van der Waals surface area (Å²) in [5.74, 6) is 1.48. The first-order chi connectivity index (χ1) is 18.5. The second kappa shape index (κ2) is 11.0. The normalized spacial score (nSPS) is 18.6. The molecule has 0 bridgehead atoms. The van der Waals surface area contributed by atoms with Crippen LogP contribution in [0.1, 0.15) is 71.4 Å². The molecule has 0 atom stereocenters. The highest BCUT2D eigenvalue weighted by Crippen LogP contribution is 2.31. The third kappa shape index (κ3) is 5.91. The molecule has 1 saturated heterocycles. The van der Waals surface area contributed by atoms with Gasteiger partial charge in [0.15, 0.2) is 5.52 Å². The maximum atomic E-state index is 13.3. The molecule has 0 amide bonds. The Morgan fingerprint density at radius 2 is 1.59 bits per heavy atom. The lowest BCUT2D eigenvalue weighted by Gasteiger charge is -2.36. The van der Waals surface area contributed by atoms with Crippen molar-refractivity contribution < 1.29 is 8.42 Å². The first-order valence-corrected chi connectivity index (χ1v) is 15.8. The van der Waals surface area contributed by atoms with Crippen LogP contribution in [-0.4, -0.2) is 58.7 Å². The first-order valence-electron chi connectivity index (χ1n) is 14.3. The molecule has 0 spiro atoms. The van der Waals surface area contributed by atoms with Gasteiger partial charge in [0.25, 0.3) is 5.56 Å². The molecule has 1 aliphatic heterocycles. The van der Waals surface area contributed by atoms with E-state index in [1.54, 1.807) is 40.3 Å². The fourth-order valence-electron chi connectivity index (χ4n) is 6.14. The minimum Gasteiger partial charge on any atom is -0.342 e. The van der Waals surface area contributed by atoms with E-state index in [1.807, 2.05) is 6.07 Å². The number of nitrogens with zero attached hydrogens (tertiary/aromatic N) is 5. The highest BCUT2D eigenvalue weighted by Gasteiger charge is 2.32. The lowest BCUT2D eigenvalue weighted by molar-refractivity contribution is 0.269. The van der Waals surface area contributed by atoms with Gasteiger partial charge >= 0.3 is 0 Å². The molecule has 2 fully saturated rings. The Morgan fingerprint density at radius 1 is 0.974 bits per heavy atom. The van der Waals surface area contributed by atoms with E-state index in [9.17, 15) is 13.2 Å². The largest absolute Gasteiger partial charge is 0.342 e. The van der Waals surface area contributed by atoms with Crippen molar-refractivity contribution in [2.75, 3.05) is 31.1 Å². The zero-order valence-electron chi connectivity index (χ0n) is 23.7. The van der Waals surface area contributed by atoms with Gasteiger partial charge in [0.2, 0.25) is 16.0 Å². The first kappa shape index (κ1) is 27.8. The van der Waals surface area contributed by atoms with Crippen molar-refractivity contribution >= 4 is 27.0 Å². The molecule has 212 valence electrons. The van der Waals surface area contributed by atoms with Crippen LogP contribution in [0, 0.1) is 11.8 Å². The van der Waals surface area contributed by atoms with Gasteiger partial charge in [0, 0.05) is 38.6 Å². The number of hydrogen-bond donors (Lipinski definition) is 1. The number of hydrogen-bond acceptors (Lipinski definition) is 6. The molecule has 0 radical (unpaired) electrons. The summed E-state index contributed by atoms with van der Waals surface area (Å²) in [6.07, 6.45) is 7.71. The van der Waals surface area contributed by atoms with Crippen LogP contribution < -0.4 is 10.5 Å². The van der Waals surface area contributed by atoms with Gasteiger partial charge in [0.1, 0.15) is 5.52 Å². The van der Waals surface area contributed by atoms with Crippen LogP contribution in [0.5, 0.6) is 0 Å². The topological polar surface area (TPSA) is 104 Å². The Bertz CT molecular complexity index is 1440. The molecule has 1 aliphatic carbocycles. The second-order valence-electron chi connectivity index (χ2n) is 12.4. The van der Waals surface area contributed by atoms with Gasteiger partial charge in [-0.2, -0.15) is 9.40 Å². The lowest BCUT2D eigenvalue weighted by Crippen LogP contribution is -2.43. The predicted octanol–water partition coefficient (Wildman–Crippen LogP) is 4.44.